The molecule has 2 heterocycles. The average Bonchev–Trinajstić information content (AvgIpc) is 3.11. The highest BCUT2D eigenvalue weighted by molar-refractivity contribution is 5.92. The van der Waals surface area contributed by atoms with E-state index in [9.17, 15) is 4.79 Å². The molecule has 1 aliphatic heterocycles. The number of nitrogens with zero attached hydrogens (tertiary/aromatic N) is 2. The number of anilines is 1. The summed E-state index contributed by atoms with van der Waals surface area (Å²) in [5.74, 6) is 1.56. The normalized spacial score (nSPS) is 27.7. The molecule has 0 bridgehead atoms. The summed E-state index contributed by atoms with van der Waals surface area (Å²) in [6.45, 7) is 6.87. The fourth-order valence-electron chi connectivity index (χ4n) is 3.75. The van der Waals surface area contributed by atoms with Gasteiger partial charge in [0, 0.05) is 31.1 Å². The summed E-state index contributed by atoms with van der Waals surface area (Å²) in [6, 6.07) is 1.89. The molecule has 0 aromatic carbocycles. The minimum atomic E-state index is 0.0898. The lowest BCUT2D eigenvalue weighted by atomic mass is 9.68. The highest BCUT2D eigenvalue weighted by Gasteiger charge is 2.37. The van der Waals surface area contributed by atoms with Crippen molar-refractivity contribution in [2.45, 2.75) is 52.5 Å². The molecule has 3 rings (SSSR count). The smallest absolute Gasteiger partial charge is 0.229 e. The third-order valence-corrected chi connectivity index (χ3v) is 5.25. The van der Waals surface area contributed by atoms with Crippen LogP contribution in [0, 0.1) is 17.3 Å². The quantitative estimate of drug-likeness (QED) is 0.930. The molecule has 2 aliphatic rings. The molecule has 0 radical (unpaired) electrons. The zero-order valence-electron chi connectivity index (χ0n) is 13.7. The lowest BCUT2D eigenvalue weighted by Gasteiger charge is -2.37. The average molecular weight is 305 g/mol. The summed E-state index contributed by atoms with van der Waals surface area (Å²) < 4.78 is 7.33. The van der Waals surface area contributed by atoms with Crippen LogP contribution < -0.4 is 5.32 Å². The predicted octanol–water partition coefficient (Wildman–Crippen LogP) is 3.07. The number of hydrogen-bond acceptors (Lipinski definition) is 3. The summed E-state index contributed by atoms with van der Waals surface area (Å²) >= 11 is 0. The van der Waals surface area contributed by atoms with E-state index in [1.807, 2.05) is 10.7 Å². The molecule has 1 aromatic rings. The third-order valence-electron chi connectivity index (χ3n) is 5.25. The molecular weight excluding hydrogens is 278 g/mol. The topological polar surface area (TPSA) is 56.2 Å². The molecule has 0 spiro atoms. The molecule has 122 valence electrons. The summed E-state index contributed by atoms with van der Waals surface area (Å²) in [5.41, 5.74) is 0.0898. The predicted molar refractivity (Wildman–Crippen MR) is 85.5 cm³/mol. The fourth-order valence-corrected chi connectivity index (χ4v) is 3.75. The van der Waals surface area contributed by atoms with E-state index in [4.69, 9.17) is 4.74 Å². The molecule has 5 heteroatoms. The molecule has 1 N–H and O–H groups in total. The first-order valence-corrected chi connectivity index (χ1v) is 8.47. The number of aromatic nitrogens is 2. The summed E-state index contributed by atoms with van der Waals surface area (Å²) in [7, 11) is 0. The van der Waals surface area contributed by atoms with Gasteiger partial charge in [-0.15, -0.1) is 0 Å². The lowest BCUT2D eigenvalue weighted by molar-refractivity contribution is -0.124. The zero-order chi connectivity index (χ0) is 15.6. The van der Waals surface area contributed by atoms with Crippen molar-refractivity contribution < 1.29 is 9.53 Å². The Labute approximate surface area is 132 Å². The van der Waals surface area contributed by atoms with Gasteiger partial charge >= 0.3 is 0 Å². The van der Waals surface area contributed by atoms with Crippen molar-refractivity contribution in [3.63, 3.8) is 0 Å². The van der Waals surface area contributed by atoms with Gasteiger partial charge in [-0.2, -0.15) is 5.10 Å². The van der Waals surface area contributed by atoms with E-state index in [0.717, 1.165) is 51.3 Å². The van der Waals surface area contributed by atoms with Crippen LogP contribution in [0.4, 0.5) is 5.82 Å². The molecule has 2 unspecified atom stereocenters. The van der Waals surface area contributed by atoms with Crippen LogP contribution in [0.5, 0.6) is 0 Å². The van der Waals surface area contributed by atoms with E-state index in [1.165, 1.54) is 6.42 Å². The van der Waals surface area contributed by atoms with Gasteiger partial charge in [-0.25, -0.2) is 4.68 Å². The van der Waals surface area contributed by atoms with Gasteiger partial charge in [0.05, 0.1) is 12.8 Å². The number of ether oxygens (including phenoxy) is 1. The van der Waals surface area contributed by atoms with Gasteiger partial charge in [0.15, 0.2) is 0 Å². The van der Waals surface area contributed by atoms with E-state index in [1.54, 1.807) is 6.20 Å². The van der Waals surface area contributed by atoms with E-state index < -0.39 is 0 Å². The molecular formula is C17H27N3O2. The van der Waals surface area contributed by atoms with Crippen LogP contribution in [0.3, 0.4) is 0 Å². The van der Waals surface area contributed by atoms with Crippen LogP contribution in [-0.2, 0) is 16.1 Å². The van der Waals surface area contributed by atoms with Crippen LogP contribution >= 0.6 is 0 Å². The van der Waals surface area contributed by atoms with E-state index >= 15 is 0 Å². The van der Waals surface area contributed by atoms with Crippen LogP contribution in [0.15, 0.2) is 12.3 Å². The number of amides is 1. The first-order chi connectivity index (χ1) is 10.6. The Morgan fingerprint density at radius 1 is 1.45 bits per heavy atom. The molecule has 1 saturated carbocycles. The highest BCUT2D eigenvalue weighted by Crippen LogP contribution is 2.41. The number of hydrogen-bond donors (Lipinski definition) is 1. The summed E-state index contributed by atoms with van der Waals surface area (Å²) in [4.78, 5) is 12.7. The van der Waals surface area contributed by atoms with Crippen LogP contribution in [0.1, 0.15) is 46.0 Å². The van der Waals surface area contributed by atoms with Crippen molar-refractivity contribution in [1.82, 2.24) is 9.78 Å². The van der Waals surface area contributed by atoms with Crippen molar-refractivity contribution in [3.05, 3.63) is 12.3 Å². The molecule has 1 aliphatic carbocycles. The largest absolute Gasteiger partial charge is 0.381 e. The number of rotatable bonds is 4. The molecule has 1 aromatic heterocycles. The molecule has 1 amide bonds. The molecule has 22 heavy (non-hydrogen) atoms. The van der Waals surface area contributed by atoms with Crippen LogP contribution in [-0.4, -0.2) is 28.9 Å². The Bertz CT molecular complexity index is 518. The van der Waals surface area contributed by atoms with Crippen molar-refractivity contribution in [3.8, 4) is 0 Å². The second-order valence-corrected chi connectivity index (χ2v) is 7.40. The van der Waals surface area contributed by atoms with Gasteiger partial charge in [-0.3, -0.25) is 4.79 Å². The summed E-state index contributed by atoms with van der Waals surface area (Å²) in [5, 5.41) is 7.47. The van der Waals surface area contributed by atoms with Gasteiger partial charge in [0.1, 0.15) is 5.82 Å². The van der Waals surface area contributed by atoms with Gasteiger partial charge < -0.3 is 10.1 Å². The second kappa shape index (κ2) is 6.41. The minimum absolute atomic E-state index is 0.0898. The van der Waals surface area contributed by atoms with Crippen LogP contribution in [0.2, 0.25) is 0 Å². The Morgan fingerprint density at radius 2 is 2.32 bits per heavy atom. The van der Waals surface area contributed by atoms with E-state index in [0.29, 0.717) is 5.92 Å². The Hall–Kier alpha value is -1.36. The standard InChI is InChI=1S/C17H27N3O2/c1-17(2)8-4-3-5-14(17)16(21)19-15-6-9-18-20(15)11-13-7-10-22-12-13/h6,9,13-14H,3-5,7-8,10-12H2,1-2H3,(H,19,21). The number of carbonyl (C=O) groups excluding carboxylic acids is 1. The Kier molecular flexibility index (Phi) is 4.52. The molecule has 1 saturated heterocycles. The van der Waals surface area contributed by atoms with Crippen LogP contribution in [0.25, 0.3) is 0 Å². The molecule has 2 atom stereocenters. The molecule has 5 nitrogen and oxygen atoms in total. The number of nitrogens with one attached hydrogen (secondary N) is 1. The third kappa shape index (κ3) is 3.35. The first-order valence-electron chi connectivity index (χ1n) is 8.47. The second-order valence-electron chi connectivity index (χ2n) is 7.40. The Morgan fingerprint density at radius 3 is 3.05 bits per heavy atom. The van der Waals surface area contributed by atoms with Gasteiger partial charge in [0.25, 0.3) is 0 Å². The van der Waals surface area contributed by atoms with Gasteiger partial charge in [-0.1, -0.05) is 26.7 Å². The van der Waals surface area contributed by atoms with E-state index in [-0.39, 0.29) is 17.2 Å². The number of carbonyl (C=O) groups is 1. The Balaban J connectivity index is 1.65. The molecule has 2 fully saturated rings. The maximum atomic E-state index is 12.7. The van der Waals surface area contributed by atoms with Gasteiger partial charge in [-0.05, 0) is 24.7 Å². The SMILES string of the molecule is CC1(C)CCCCC1C(=O)Nc1ccnn1CC1CCOC1. The fraction of sp³-hybridized carbons (Fsp3) is 0.765. The van der Waals surface area contributed by atoms with Gasteiger partial charge in [0.2, 0.25) is 5.91 Å². The van der Waals surface area contributed by atoms with Crippen molar-refractivity contribution in [2.75, 3.05) is 18.5 Å². The zero-order valence-corrected chi connectivity index (χ0v) is 13.7. The highest BCUT2D eigenvalue weighted by atomic mass is 16.5. The first kappa shape index (κ1) is 15.5. The monoisotopic (exact) mass is 305 g/mol. The van der Waals surface area contributed by atoms with Crippen molar-refractivity contribution >= 4 is 11.7 Å². The maximum Gasteiger partial charge on any atom is 0.229 e. The summed E-state index contributed by atoms with van der Waals surface area (Å²) in [6.07, 6.45) is 7.34. The van der Waals surface area contributed by atoms with Crippen molar-refractivity contribution in [2.24, 2.45) is 17.3 Å². The van der Waals surface area contributed by atoms with E-state index in [2.05, 4.69) is 24.3 Å². The maximum absolute atomic E-state index is 12.7. The van der Waals surface area contributed by atoms with Crippen molar-refractivity contribution in [1.29, 1.82) is 0 Å². The lowest BCUT2D eigenvalue weighted by Crippen LogP contribution is -2.37. The minimum Gasteiger partial charge on any atom is -0.381 e.